The van der Waals surface area contributed by atoms with Crippen LogP contribution in [0.3, 0.4) is 0 Å². The standard InChI is InChI=1S/C17H23N3/c1-3-18-17-14(8-9-15-10-11-19-20(15)2)12-13-6-4-5-7-16(13)17/h4-7,10-11,14,17-18H,3,8-9,12H2,1-2H3. The molecule has 0 aliphatic heterocycles. The molecule has 3 nitrogen and oxygen atoms in total. The Bertz CT molecular complexity index is 573. The number of hydrogen-bond donors (Lipinski definition) is 1. The fraction of sp³-hybridized carbons (Fsp3) is 0.471. The van der Waals surface area contributed by atoms with Gasteiger partial charge in [0.25, 0.3) is 0 Å². The van der Waals surface area contributed by atoms with Crippen LogP contribution in [-0.4, -0.2) is 16.3 Å². The quantitative estimate of drug-likeness (QED) is 0.904. The number of hydrogen-bond acceptors (Lipinski definition) is 2. The van der Waals surface area contributed by atoms with Crippen molar-refractivity contribution in [1.29, 1.82) is 0 Å². The molecule has 3 heteroatoms. The summed E-state index contributed by atoms with van der Waals surface area (Å²) in [6, 6.07) is 11.5. The first-order valence-corrected chi connectivity index (χ1v) is 7.57. The molecular formula is C17H23N3. The van der Waals surface area contributed by atoms with Crippen LogP contribution in [0.1, 0.15) is 36.2 Å². The van der Waals surface area contributed by atoms with Gasteiger partial charge in [-0.25, -0.2) is 0 Å². The van der Waals surface area contributed by atoms with Gasteiger partial charge in [0, 0.05) is 25.0 Å². The molecule has 0 fully saturated rings. The van der Waals surface area contributed by atoms with E-state index in [1.165, 1.54) is 29.7 Å². The normalized spacial score (nSPS) is 21.1. The lowest BCUT2D eigenvalue weighted by atomic mass is 9.94. The lowest BCUT2D eigenvalue weighted by molar-refractivity contribution is 0.370. The fourth-order valence-corrected chi connectivity index (χ4v) is 3.42. The molecule has 0 radical (unpaired) electrons. The van der Waals surface area contributed by atoms with Gasteiger partial charge in [0.1, 0.15) is 0 Å². The molecular weight excluding hydrogens is 246 g/mol. The minimum Gasteiger partial charge on any atom is -0.310 e. The van der Waals surface area contributed by atoms with Crippen molar-refractivity contribution in [2.45, 2.75) is 32.2 Å². The number of benzene rings is 1. The highest BCUT2D eigenvalue weighted by Crippen LogP contribution is 2.38. The Morgan fingerprint density at radius 2 is 2.15 bits per heavy atom. The van der Waals surface area contributed by atoms with E-state index >= 15 is 0 Å². The van der Waals surface area contributed by atoms with Crippen LogP contribution in [0.15, 0.2) is 36.5 Å². The maximum Gasteiger partial charge on any atom is 0.0492 e. The number of fused-ring (bicyclic) bond motifs is 1. The molecule has 1 heterocycles. The molecule has 1 aromatic carbocycles. The molecule has 2 unspecified atom stereocenters. The van der Waals surface area contributed by atoms with Crippen molar-refractivity contribution in [3.05, 3.63) is 53.3 Å². The number of aryl methyl sites for hydroxylation is 2. The molecule has 1 aliphatic carbocycles. The summed E-state index contributed by atoms with van der Waals surface area (Å²) in [5.74, 6) is 0.697. The second-order valence-corrected chi connectivity index (χ2v) is 5.68. The van der Waals surface area contributed by atoms with Gasteiger partial charge in [0.15, 0.2) is 0 Å². The molecule has 0 bridgehead atoms. The van der Waals surface area contributed by atoms with Crippen molar-refractivity contribution in [3.8, 4) is 0 Å². The summed E-state index contributed by atoms with van der Waals surface area (Å²) in [5, 5.41) is 7.93. The van der Waals surface area contributed by atoms with Crippen LogP contribution >= 0.6 is 0 Å². The number of nitrogens with one attached hydrogen (secondary N) is 1. The van der Waals surface area contributed by atoms with Gasteiger partial charge in [-0.2, -0.15) is 5.10 Å². The molecule has 106 valence electrons. The van der Waals surface area contributed by atoms with Crippen LogP contribution < -0.4 is 5.32 Å². The summed E-state index contributed by atoms with van der Waals surface area (Å²) in [5.41, 5.74) is 4.36. The predicted molar refractivity (Wildman–Crippen MR) is 81.6 cm³/mol. The third-order valence-corrected chi connectivity index (χ3v) is 4.46. The van der Waals surface area contributed by atoms with E-state index in [2.05, 4.69) is 47.7 Å². The summed E-state index contributed by atoms with van der Waals surface area (Å²) >= 11 is 0. The molecule has 2 atom stereocenters. The Morgan fingerprint density at radius 3 is 2.90 bits per heavy atom. The Balaban J connectivity index is 1.72. The second kappa shape index (κ2) is 5.80. The van der Waals surface area contributed by atoms with Crippen LogP contribution in [0.5, 0.6) is 0 Å². The van der Waals surface area contributed by atoms with Gasteiger partial charge in [-0.05, 0) is 48.9 Å². The Morgan fingerprint density at radius 1 is 1.30 bits per heavy atom. The SMILES string of the molecule is CCNC1c2ccccc2CC1CCc1ccnn1C. The summed E-state index contributed by atoms with van der Waals surface area (Å²) in [4.78, 5) is 0. The zero-order valence-electron chi connectivity index (χ0n) is 12.3. The predicted octanol–water partition coefficient (Wildman–Crippen LogP) is 2.88. The summed E-state index contributed by atoms with van der Waals surface area (Å²) in [6.45, 7) is 3.22. The summed E-state index contributed by atoms with van der Waals surface area (Å²) in [6.07, 6.45) is 5.41. The van der Waals surface area contributed by atoms with Crippen molar-refractivity contribution < 1.29 is 0 Å². The van der Waals surface area contributed by atoms with Gasteiger partial charge < -0.3 is 5.32 Å². The first-order valence-electron chi connectivity index (χ1n) is 7.57. The molecule has 0 saturated carbocycles. The first kappa shape index (κ1) is 13.4. The second-order valence-electron chi connectivity index (χ2n) is 5.68. The fourth-order valence-electron chi connectivity index (χ4n) is 3.42. The van der Waals surface area contributed by atoms with E-state index in [0.29, 0.717) is 12.0 Å². The number of nitrogens with zero attached hydrogens (tertiary/aromatic N) is 2. The number of aromatic nitrogens is 2. The van der Waals surface area contributed by atoms with Crippen molar-refractivity contribution in [2.24, 2.45) is 13.0 Å². The highest BCUT2D eigenvalue weighted by atomic mass is 15.2. The molecule has 0 saturated heterocycles. The van der Waals surface area contributed by atoms with E-state index in [1.807, 2.05) is 17.9 Å². The molecule has 1 N–H and O–H groups in total. The van der Waals surface area contributed by atoms with Gasteiger partial charge in [-0.15, -0.1) is 0 Å². The zero-order chi connectivity index (χ0) is 13.9. The highest BCUT2D eigenvalue weighted by Gasteiger charge is 2.31. The largest absolute Gasteiger partial charge is 0.310 e. The Hall–Kier alpha value is -1.61. The first-order chi connectivity index (χ1) is 9.79. The van der Waals surface area contributed by atoms with Gasteiger partial charge in [-0.1, -0.05) is 31.2 Å². The van der Waals surface area contributed by atoms with Crippen LogP contribution in [0, 0.1) is 5.92 Å². The van der Waals surface area contributed by atoms with E-state index in [4.69, 9.17) is 0 Å². The molecule has 2 aromatic rings. The molecule has 0 spiro atoms. The van der Waals surface area contributed by atoms with Gasteiger partial charge >= 0.3 is 0 Å². The third-order valence-electron chi connectivity index (χ3n) is 4.46. The van der Waals surface area contributed by atoms with Crippen LogP contribution in [0.4, 0.5) is 0 Å². The Labute approximate surface area is 121 Å². The van der Waals surface area contributed by atoms with Gasteiger partial charge in [0.05, 0.1) is 0 Å². The van der Waals surface area contributed by atoms with E-state index in [9.17, 15) is 0 Å². The average molecular weight is 269 g/mol. The van der Waals surface area contributed by atoms with E-state index < -0.39 is 0 Å². The zero-order valence-corrected chi connectivity index (χ0v) is 12.3. The molecule has 20 heavy (non-hydrogen) atoms. The maximum absolute atomic E-state index is 4.26. The molecule has 0 amide bonds. The van der Waals surface area contributed by atoms with E-state index in [1.54, 1.807) is 0 Å². The van der Waals surface area contributed by atoms with Crippen molar-refractivity contribution in [2.75, 3.05) is 6.54 Å². The smallest absolute Gasteiger partial charge is 0.0492 e. The number of rotatable bonds is 5. The summed E-state index contributed by atoms with van der Waals surface area (Å²) in [7, 11) is 2.03. The summed E-state index contributed by atoms with van der Waals surface area (Å²) < 4.78 is 1.99. The van der Waals surface area contributed by atoms with Gasteiger partial charge in [-0.3, -0.25) is 4.68 Å². The maximum atomic E-state index is 4.26. The molecule has 1 aromatic heterocycles. The van der Waals surface area contributed by atoms with E-state index in [0.717, 1.165) is 13.0 Å². The van der Waals surface area contributed by atoms with Crippen LogP contribution in [-0.2, 0) is 19.9 Å². The minimum atomic E-state index is 0.518. The van der Waals surface area contributed by atoms with E-state index in [-0.39, 0.29) is 0 Å². The average Bonchev–Trinajstić information content (AvgIpc) is 3.02. The third kappa shape index (κ3) is 2.50. The van der Waals surface area contributed by atoms with Gasteiger partial charge in [0.2, 0.25) is 0 Å². The highest BCUT2D eigenvalue weighted by molar-refractivity contribution is 5.35. The van der Waals surface area contributed by atoms with Crippen LogP contribution in [0.25, 0.3) is 0 Å². The van der Waals surface area contributed by atoms with Crippen molar-refractivity contribution in [1.82, 2.24) is 15.1 Å². The molecule has 1 aliphatic rings. The molecule has 3 rings (SSSR count). The minimum absolute atomic E-state index is 0.518. The van der Waals surface area contributed by atoms with Crippen molar-refractivity contribution >= 4 is 0 Å². The lowest BCUT2D eigenvalue weighted by Crippen LogP contribution is -2.25. The lowest BCUT2D eigenvalue weighted by Gasteiger charge is -2.21. The van der Waals surface area contributed by atoms with Crippen molar-refractivity contribution in [3.63, 3.8) is 0 Å². The Kier molecular flexibility index (Phi) is 3.88. The monoisotopic (exact) mass is 269 g/mol. The topological polar surface area (TPSA) is 29.9 Å². The van der Waals surface area contributed by atoms with Crippen LogP contribution in [0.2, 0.25) is 0 Å².